The molecule has 0 aliphatic carbocycles. The molecule has 1 aromatic heterocycles. The van der Waals surface area contributed by atoms with Gasteiger partial charge in [-0.1, -0.05) is 24.3 Å². The summed E-state index contributed by atoms with van der Waals surface area (Å²) in [7, 11) is 0. The maximum absolute atomic E-state index is 13.9. The molecule has 1 amide bonds. The molecule has 0 unspecified atom stereocenters. The van der Waals surface area contributed by atoms with Crippen molar-refractivity contribution in [3.63, 3.8) is 0 Å². The lowest BCUT2D eigenvalue weighted by Gasteiger charge is -2.39. The molecular weight excluding hydrogens is 311 g/mol. The Kier molecular flexibility index (Phi) is 4.76. The predicted molar refractivity (Wildman–Crippen MR) is 87.2 cm³/mol. The largest absolute Gasteiger partial charge is 0.391 e. The summed E-state index contributed by atoms with van der Waals surface area (Å²) >= 11 is 0. The van der Waals surface area contributed by atoms with Crippen molar-refractivity contribution >= 4 is 5.91 Å². The van der Waals surface area contributed by atoms with Gasteiger partial charge in [-0.3, -0.25) is 9.59 Å². The van der Waals surface area contributed by atoms with Crippen LogP contribution in [0.1, 0.15) is 28.9 Å². The highest BCUT2D eigenvalue weighted by molar-refractivity contribution is 5.92. The number of likely N-dealkylation sites (tertiary alicyclic amines) is 1. The van der Waals surface area contributed by atoms with Gasteiger partial charge in [-0.15, -0.1) is 0 Å². The van der Waals surface area contributed by atoms with Gasteiger partial charge in [-0.05, 0) is 37.0 Å². The van der Waals surface area contributed by atoms with Gasteiger partial charge in [0.2, 0.25) is 5.56 Å². The second-order valence-electron chi connectivity index (χ2n) is 6.00. The van der Waals surface area contributed by atoms with E-state index in [1.165, 1.54) is 29.2 Å². The van der Waals surface area contributed by atoms with Gasteiger partial charge in [0.15, 0.2) is 0 Å². The van der Waals surface area contributed by atoms with E-state index in [0.29, 0.717) is 24.9 Å². The first kappa shape index (κ1) is 16.4. The lowest BCUT2D eigenvalue weighted by atomic mass is 9.92. The van der Waals surface area contributed by atoms with Crippen molar-refractivity contribution in [3.8, 4) is 0 Å². The van der Waals surface area contributed by atoms with Crippen LogP contribution in [0.3, 0.4) is 0 Å². The molecule has 0 saturated carbocycles. The number of aromatic amines is 1. The zero-order chi connectivity index (χ0) is 17.1. The molecule has 1 aliphatic rings. The minimum atomic E-state index is -0.724. The molecule has 2 atom stereocenters. The van der Waals surface area contributed by atoms with Crippen molar-refractivity contribution in [1.29, 1.82) is 0 Å². The lowest BCUT2D eigenvalue weighted by molar-refractivity contribution is 0.0112. The van der Waals surface area contributed by atoms with E-state index in [1.54, 1.807) is 18.2 Å². The fourth-order valence-corrected chi connectivity index (χ4v) is 3.15. The lowest BCUT2D eigenvalue weighted by Crippen LogP contribution is -2.52. The third kappa shape index (κ3) is 3.38. The van der Waals surface area contributed by atoms with Gasteiger partial charge in [-0.25, -0.2) is 4.39 Å². The molecule has 5 nitrogen and oxygen atoms in total. The second kappa shape index (κ2) is 6.97. The first-order chi connectivity index (χ1) is 11.6. The average molecular weight is 330 g/mol. The summed E-state index contributed by atoms with van der Waals surface area (Å²) in [4.78, 5) is 28.2. The highest BCUT2D eigenvalue weighted by Gasteiger charge is 2.34. The highest BCUT2D eigenvalue weighted by atomic mass is 19.1. The van der Waals surface area contributed by atoms with Crippen LogP contribution < -0.4 is 5.56 Å². The second-order valence-corrected chi connectivity index (χ2v) is 6.00. The van der Waals surface area contributed by atoms with E-state index in [-0.39, 0.29) is 29.4 Å². The maximum atomic E-state index is 13.9. The number of nitrogens with one attached hydrogen (secondary N) is 1. The van der Waals surface area contributed by atoms with Crippen molar-refractivity contribution in [2.75, 3.05) is 6.54 Å². The Hall–Kier alpha value is -2.47. The number of carbonyl (C=O) groups excluding carboxylic acids is 1. The Bertz CT molecular complexity index is 790. The smallest absolute Gasteiger partial charge is 0.270 e. The SMILES string of the molecule is O=C(c1cccc(=O)[nH]1)N1CCC[C@H](O)[C@@H]1Cc1ccccc1F. The van der Waals surface area contributed by atoms with Crippen LogP contribution in [0, 0.1) is 5.82 Å². The molecule has 0 spiro atoms. The predicted octanol–water partition coefficient (Wildman–Crippen LogP) is 1.72. The number of carbonyl (C=O) groups is 1. The summed E-state index contributed by atoms with van der Waals surface area (Å²) in [5.41, 5.74) is 0.280. The molecule has 0 bridgehead atoms. The molecule has 6 heteroatoms. The number of amides is 1. The van der Waals surface area contributed by atoms with E-state index >= 15 is 0 Å². The standard InChI is InChI=1S/C18H19FN2O3/c19-13-6-2-1-5-12(13)11-15-16(22)8-4-10-21(15)18(24)14-7-3-9-17(23)20-14/h1-3,5-7,9,15-16,22H,4,8,10-11H2,(H,20,23)/t15-,16-/m0/s1. The molecule has 1 aromatic carbocycles. The zero-order valence-electron chi connectivity index (χ0n) is 13.1. The fraction of sp³-hybridized carbons (Fsp3) is 0.333. The first-order valence-corrected chi connectivity index (χ1v) is 7.98. The van der Waals surface area contributed by atoms with Crippen LogP contribution in [0.4, 0.5) is 4.39 Å². The number of aliphatic hydroxyl groups excluding tert-OH is 1. The Morgan fingerprint density at radius 3 is 2.79 bits per heavy atom. The molecule has 2 N–H and O–H groups in total. The topological polar surface area (TPSA) is 73.4 Å². The van der Waals surface area contributed by atoms with Gasteiger partial charge in [0.1, 0.15) is 11.5 Å². The average Bonchev–Trinajstić information content (AvgIpc) is 2.58. The monoisotopic (exact) mass is 330 g/mol. The van der Waals surface area contributed by atoms with Crippen molar-refractivity contribution in [3.05, 3.63) is 69.9 Å². The number of H-pyrrole nitrogens is 1. The number of benzene rings is 1. The Balaban J connectivity index is 1.88. The van der Waals surface area contributed by atoms with Gasteiger partial charge in [-0.2, -0.15) is 0 Å². The van der Waals surface area contributed by atoms with Crippen LogP contribution in [0.5, 0.6) is 0 Å². The van der Waals surface area contributed by atoms with E-state index < -0.39 is 12.1 Å². The summed E-state index contributed by atoms with van der Waals surface area (Å²) in [6, 6.07) is 10.2. The number of nitrogens with zero attached hydrogens (tertiary/aromatic N) is 1. The number of aliphatic hydroxyl groups is 1. The van der Waals surface area contributed by atoms with E-state index in [0.717, 1.165) is 0 Å². The molecule has 1 saturated heterocycles. The molecular formula is C18H19FN2O3. The Morgan fingerprint density at radius 1 is 1.25 bits per heavy atom. The van der Waals surface area contributed by atoms with Crippen molar-refractivity contribution in [1.82, 2.24) is 9.88 Å². The maximum Gasteiger partial charge on any atom is 0.270 e. The molecule has 1 fully saturated rings. The number of pyridine rings is 1. The van der Waals surface area contributed by atoms with Crippen LogP contribution in [0.2, 0.25) is 0 Å². The molecule has 2 heterocycles. The summed E-state index contributed by atoms with van der Waals surface area (Å²) in [5.74, 6) is -0.705. The van der Waals surface area contributed by atoms with Gasteiger partial charge >= 0.3 is 0 Å². The third-order valence-corrected chi connectivity index (χ3v) is 4.39. The van der Waals surface area contributed by atoms with Gasteiger partial charge in [0.05, 0.1) is 12.1 Å². The van der Waals surface area contributed by atoms with Gasteiger partial charge in [0.25, 0.3) is 5.91 Å². The first-order valence-electron chi connectivity index (χ1n) is 7.98. The zero-order valence-corrected chi connectivity index (χ0v) is 13.1. The number of piperidine rings is 1. The van der Waals surface area contributed by atoms with E-state index in [9.17, 15) is 19.1 Å². The van der Waals surface area contributed by atoms with Crippen molar-refractivity contribution in [2.24, 2.45) is 0 Å². The molecule has 2 aromatic rings. The van der Waals surface area contributed by atoms with E-state index in [2.05, 4.69) is 4.98 Å². The van der Waals surface area contributed by atoms with Crippen LogP contribution in [-0.2, 0) is 6.42 Å². The van der Waals surface area contributed by atoms with Gasteiger partial charge < -0.3 is 15.0 Å². The molecule has 126 valence electrons. The Labute approximate surface area is 138 Å². The molecule has 3 rings (SSSR count). The minimum Gasteiger partial charge on any atom is -0.391 e. The molecule has 0 radical (unpaired) electrons. The van der Waals surface area contributed by atoms with Crippen molar-refractivity contribution in [2.45, 2.75) is 31.4 Å². The summed E-state index contributed by atoms with van der Waals surface area (Å²) in [6.45, 7) is 0.464. The van der Waals surface area contributed by atoms with Crippen molar-refractivity contribution < 1.29 is 14.3 Å². The third-order valence-electron chi connectivity index (χ3n) is 4.39. The number of rotatable bonds is 3. The number of halogens is 1. The summed E-state index contributed by atoms with van der Waals surface area (Å²) < 4.78 is 13.9. The van der Waals surface area contributed by atoms with Gasteiger partial charge in [0, 0.05) is 12.6 Å². The summed E-state index contributed by atoms with van der Waals surface area (Å²) in [6.07, 6.45) is 0.737. The normalized spacial score (nSPS) is 20.8. The molecule has 1 aliphatic heterocycles. The van der Waals surface area contributed by atoms with Crippen LogP contribution in [0.15, 0.2) is 47.3 Å². The molecule has 24 heavy (non-hydrogen) atoms. The van der Waals surface area contributed by atoms with Crippen LogP contribution in [-0.4, -0.2) is 39.6 Å². The van der Waals surface area contributed by atoms with E-state index in [1.807, 2.05) is 0 Å². The number of hydrogen-bond donors (Lipinski definition) is 2. The quantitative estimate of drug-likeness (QED) is 0.900. The fourth-order valence-electron chi connectivity index (χ4n) is 3.15. The van der Waals surface area contributed by atoms with Crippen LogP contribution in [0.25, 0.3) is 0 Å². The minimum absolute atomic E-state index is 0.176. The summed E-state index contributed by atoms with van der Waals surface area (Å²) in [5, 5.41) is 10.4. The highest BCUT2D eigenvalue weighted by Crippen LogP contribution is 2.24. The number of aromatic nitrogens is 1. The van der Waals surface area contributed by atoms with E-state index in [4.69, 9.17) is 0 Å². The van der Waals surface area contributed by atoms with Crippen LogP contribution >= 0.6 is 0 Å². The Morgan fingerprint density at radius 2 is 2.04 bits per heavy atom. The number of hydrogen-bond acceptors (Lipinski definition) is 3.